The van der Waals surface area contributed by atoms with Gasteiger partial charge in [-0.2, -0.15) is 5.10 Å². The van der Waals surface area contributed by atoms with E-state index >= 15 is 0 Å². The summed E-state index contributed by atoms with van der Waals surface area (Å²) in [6.07, 6.45) is 1.77. The van der Waals surface area contributed by atoms with Gasteiger partial charge in [-0.1, -0.05) is 35.9 Å². The second-order valence-corrected chi connectivity index (χ2v) is 9.75. The maximum Gasteiger partial charge on any atom is 0.261 e. The first-order chi connectivity index (χ1) is 18.3. The molecule has 4 heterocycles. The molecule has 0 N–H and O–H groups in total. The summed E-state index contributed by atoms with van der Waals surface area (Å²) >= 11 is 6.30. The number of pyridine rings is 1. The van der Waals surface area contributed by atoms with E-state index in [-0.39, 0.29) is 25.4 Å². The highest BCUT2D eigenvalue weighted by atomic mass is 35.5. The first-order valence-electron chi connectivity index (χ1n) is 12.0. The average molecular weight is 530 g/mol. The van der Waals surface area contributed by atoms with Crippen LogP contribution in [-0.2, 0) is 20.0 Å². The van der Waals surface area contributed by atoms with E-state index in [0.29, 0.717) is 44.4 Å². The Morgan fingerprint density at radius 1 is 0.947 bits per heavy atom. The molecular weight excluding hydrogens is 509 g/mol. The minimum Gasteiger partial charge on any atom is -0.328 e. The summed E-state index contributed by atoms with van der Waals surface area (Å²) in [4.78, 5) is 47.3. The Morgan fingerprint density at radius 2 is 1.68 bits per heavy atom. The maximum atomic E-state index is 14.0. The first-order valence-corrected chi connectivity index (χ1v) is 12.4. The van der Waals surface area contributed by atoms with Crippen molar-refractivity contribution in [2.45, 2.75) is 19.0 Å². The second-order valence-electron chi connectivity index (χ2n) is 9.34. The molecule has 8 nitrogen and oxygen atoms in total. The van der Waals surface area contributed by atoms with Crippen LogP contribution < -0.4 is 0 Å². The Morgan fingerprint density at radius 3 is 2.34 bits per heavy atom. The van der Waals surface area contributed by atoms with Gasteiger partial charge in [-0.05, 0) is 48.4 Å². The van der Waals surface area contributed by atoms with Gasteiger partial charge in [0.25, 0.3) is 17.7 Å². The van der Waals surface area contributed by atoms with Crippen LogP contribution in [0.25, 0.3) is 11.4 Å². The van der Waals surface area contributed by atoms with E-state index in [0.717, 1.165) is 0 Å². The van der Waals surface area contributed by atoms with Crippen molar-refractivity contribution in [3.8, 4) is 11.4 Å². The van der Waals surface area contributed by atoms with Gasteiger partial charge in [0, 0.05) is 7.05 Å². The van der Waals surface area contributed by atoms with Gasteiger partial charge < -0.3 is 4.90 Å². The third-order valence-electron chi connectivity index (χ3n) is 6.99. The Kier molecular flexibility index (Phi) is 5.80. The number of aryl methyl sites for hydroxylation is 1. The van der Waals surface area contributed by atoms with Crippen molar-refractivity contribution in [1.82, 2.24) is 24.6 Å². The Labute approximate surface area is 222 Å². The summed E-state index contributed by atoms with van der Waals surface area (Å²) in [5.41, 5.74) is 3.49. The summed E-state index contributed by atoms with van der Waals surface area (Å²) in [6, 6.07) is 15.5. The first kappa shape index (κ1) is 24.0. The minimum atomic E-state index is -0.607. The molecule has 0 fully saturated rings. The fourth-order valence-corrected chi connectivity index (χ4v) is 5.42. The predicted octanol–water partition coefficient (Wildman–Crippen LogP) is 4.14. The van der Waals surface area contributed by atoms with Crippen molar-refractivity contribution in [2.24, 2.45) is 7.05 Å². The summed E-state index contributed by atoms with van der Waals surface area (Å²) in [5, 5.41) is 4.59. The molecule has 0 saturated carbocycles. The third-order valence-corrected chi connectivity index (χ3v) is 7.27. The van der Waals surface area contributed by atoms with Crippen molar-refractivity contribution < 1.29 is 18.8 Å². The molecule has 6 rings (SSSR count). The molecule has 190 valence electrons. The largest absolute Gasteiger partial charge is 0.328 e. The van der Waals surface area contributed by atoms with E-state index in [4.69, 9.17) is 16.6 Å². The molecule has 38 heavy (non-hydrogen) atoms. The number of nitrogens with zero attached hydrogens (tertiary/aromatic N) is 5. The number of halogens is 2. The topological polar surface area (TPSA) is 88.4 Å². The predicted molar refractivity (Wildman–Crippen MR) is 137 cm³/mol. The number of aromatic nitrogens is 3. The number of hydrogen-bond acceptors (Lipinski definition) is 5. The lowest BCUT2D eigenvalue weighted by Gasteiger charge is -2.30. The lowest BCUT2D eigenvalue weighted by Crippen LogP contribution is -2.47. The lowest BCUT2D eigenvalue weighted by atomic mass is 10.0. The highest BCUT2D eigenvalue weighted by molar-refractivity contribution is 6.32. The minimum absolute atomic E-state index is 0.0387. The Bertz CT molecular complexity index is 1580. The number of benzene rings is 2. The highest BCUT2D eigenvalue weighted by Gasteiger charge is 2.40. The quantitative estimate of drug-likeness (QED) is 0.350. The molecule has 2 aliphatic heterocycles. The molecule has 3 amide bonds. The number of amides is 3. The fourth-order valence-electron chi connectivity index (χ4n) is 5.16. The van der Waals surface area contributed by atoms with Gasteiger partial charge in [-0.3, -0.25) is 24.0 Å². The molecule has 0 unspecified atom stereocenters. The van der Waals surface area contributed by atoms with Gasteiger partial charge in [0.1, 0.15) is 11.5 Å². The normalized spacial score (nSPS) is 15.3. The van der Waals surface area contributed by atoms with E-state index in [1.165, 1.54) is 23.2 Å². The van der Waals surface area contributed by atoms with Crippen LogP contribution in [0.5, 0.6) is 0 Å². The zero-order chi connectivity index (χ0) is 26.6. The van der Waals surface area contributed by atoms with Crippen LogP contribution in [0.15, 0.2) is 66.9 Å². The van der Waals surface area contributed by atoms with Crippen LogP contribution in [0.2, 0.25) is 5.02 Å². The molecule has 10 heteroatoms. The SMILES string of the molecule is Cn1ncc(Cl)c1-c1ccc2c(n1)CN([C@H](Cc1cccc(F)c1)CN1C(=O)c3ccccc3C1=O)C2=O. The molecule has 0 spiro atoms. The van der Waals surface area contributed by atoms with Gasteiger partial charge >= 0.3 is 0 Å². The number of carbonyl (C=O) groups is 3. The molecule has 2 aromatic carbocycles. The van der Waals surface area contributed by atoms with Gasteiger partial charge in [-0.15, -0.1) is 0 Å². The van der Waals surface area contributed by atoms with Gasteiger partial charge in [-0.25, -0.2) is 9.37 Å². The van der Waals surface area contributed by atoms with Crippen LogP contribution in [-0.4, -0.2) is 54.9 Å². The zero-order valence-electron chi connectivity index (χ0n) is 20.3. The lowest BCUT2D eigenvalue weighted by molar-refractivity contribution is 0.0527. The number of imide groups is 1. The monoisotopic (exact) mass is 529 g/mol. The molecule has 0 bridgehead atoms. The van der Waals surface area contributed by atoms with Crippen LogP contribution >= 0.6 is 11.6 Å². The van der Waals surface area contributed by atoms with Crippen LogP contribution in [0.1, 0.15) is 42.3 Å². The Balaban J connectivity index is 1.34. The molecule has 2 aliphatic rings. The molecule has 1 atom stereocenters. The van der Waals surface area contributed by atoms with Crippen molar-refractivity contribution in [2.75, 3.05) is 6.54 Å². The molecule has 0 radical (unpaired) electrons. The smallest absolute Gasteiger partial charge is 0.261 e. The fraction of sp³-hybridized carbons (Fsp3) is 0.179. The zero-order valence-corrected chi connectivity index (χ0v) is 21.0. The van der Waals surface area contributed by atoms with E-state index < -0.39 is 23.7 Å². The molecule has 2 aromatic heterocycles. The average Bonchev–Trinajstić information content (AvgIpc) is 3.50. The van der Waals surface area contributed by atoms with Crippen molar-refractivity contribution in [3.05, 3.63) is 106 Å². The van der Waals surface area contributed by atoms with Crippen LogP contribution in [0.4, 0.5) is 4.39 Å². The van der Waals surface area contributed by atoms with E-state index in [1.807, 2.05) is 0 Å². The number of hydrogen-bond donors (Lipinski definition) is 0. The summed E-state index contributed by atoms with van der Waals surface area (Å²) in [5.74, 6) is -1.50. The van der Waals surface area contributed by atoms with Crippen LogP contribution in [0.3, 0.4) is 0 Å². The van der Waals surface area contributed by atoms with Gasteiger partial charge in [0.05, 0.1) is 58.4 Å². The van der Waals surface area contributed by atoms with Crippen molar-refractivity contribution in [3.63, 3.8) is 0 Å². The molecule has 0 saturated heterocycles. The van der Waals surface area contributed by atoms with Gasteiger partial charge in [0.2, 0.25) is 0 Å². The number of fused-ring (bicyclic) bond motifs is 2. The number of rotatable bonds is 6. The molecular formula is C28H21ClFN5O3. The van der Waals surface area contributed by atoms with Crippen LogP contribution in [0, 0.1) is 5.82 Å². The number of carbonyl (C=O) groups excluding carboxylic acids is 3. The Hall–Kier alpha value is -4.37. The van der Waals surface area contributed by atoms with E-state index in [1.54, 1.807) is 65.2 Å². The molecule has 0 aliphatic carbocycles. The summed E-state index contributed by atoms with van der Waals surface area (Å²) < 4.78 is 15.6. The van der Waals surface area contributed by atoms with E-state index in [2.05, 4.69) is 5.10 Å². The second kappa shape index (κ2) is 9.18. The van der Waals surface area contributed by atoms with Gasteiger partial charge in [0.15, 0.2) is 0 Å². The maximum absolute atomic E-state index is 14.0. The highest BCUT2D eigenvalue weighted by Crippen LogP contribution is 2.32. The van der Waals surface area contributed by atoms with Crippen molar-refractivity contribution >= 4 is 29.3 Å². The standard InChI is InChI=1S/C28H21ClFN5O3/c1-33-25(22(29)13-31-33)23-10-9-21-24(32-23)15-34(28(21)38)18(12-16-5-4-6-17(30)11-16)14-35-26(36)19-7-2-3-8-20(19)27(35)37/h2-11,13,18H,12,14-15H2,1H3/t18-/m1/s1. The molecule has 4 aromatic rings. The summed E-state index contributed by atoms with van der Waals surface area (Å²) in [6.45, 7) is 0.129. The van der Waals surface area contributed by atoms with E-state index in [9.17, 15) is 18.8 Å². The third kappa shape index (κ3) is 3.95. The van der Waals surface area contributed by atoms with Crippen molar-refractivity contribution in [1.29, 1.82) is 0 Å². The summed E-state index contributed by atoms with van der Waals surface area (Å²) in [7, 11) is 1.75.